The van der Waals surface area contributed by atoms with Gasteiger partial charge in [0.2, 0.25) is 15.9 Å². The van der Waals surface area contributed by atoms with Crippen LogP contribution < -0.4 is 5.32 Å². The Bertz CT molecular complexity index is 1210. The number of anilines is 1. The summed E-state index contributed by atoms with van der Waals surface area (Å²) in [4.78, 5) is 13.0. The molecule has 3 rings (SSSR count). The lowest BCUT2D eigenvalue weighted by atomic mass is 10.0. The molecule has 0 fully saturated rings. The van der Waals surface area contributed by atoms with Crippen molar-refractivity contribution in [2.24, 2.45) is 0 Å². The molecule has 33 heavy (non-hydrogen) atoms. The molecule has 0 radical (unpaired) electrons. The van der Waals surface area contributed by atoms with Gasteiger partial charge in [0.05, 0.1) is 11.4 Å². The van der Waals surface area contributed by atoms with Gasteiger partial charge in [-0.1, -0.05) is 61.8 Å². The normalized spacial score (nSPS) is 11.5. The van der Waals surface area contributed by atoms with Crippen LogP contribution in [0.25, 0.3) is 0 Å². The maximum atomic E-state index is 14.3. The topological polar surface area (TPSA) is 66.5 Å². The zero-order valence-corrected chi connectivity index (χ0v) is 20.1. The van der Waals surface area contributed by atoms with E-state index in [1.165, 1.54) is 42.5 Å². The summed E-state index contributed by atoms with van der Waals surface area (Å²) in [5.41, 5.74) is 2.79. The highest BCUT2D eigenvalue weighted by molar-refractivity contribution is 7.89. The van der Waals surface area contributed by atoms with Crippen molar-refractivity contribution in [2.45, 2.75) is 38.1 Å². The molecule has 0 spiro atoms. The van der Waals surface area contributed by atoms with E-state index in [2.05, 4.69) is 5.32 Å². The third-order valence-corrected chi connectivity index (χ3v) is 7.40. The first-order valence-corrected chi connectivity index (χ1v) is 12.5. The molecule has 0 heterocycles. The Hall–Kier alpha value is -2.74. The lowest BCUT2D eigenvalue weighted by Gasteiger charge is -2.23. The van der Waals surface area contributed by atoms with Gasteiger partial charge in [-0.2, -0.15) is 4.31 Å². The van der Waals surface area contributed by atoms with E-state index in [1.54, 1.807) is 6.07 Å². The summed E-state index contributed by atoms with van der Waals surface area (Å²) >= 11 is 5.90. The second-order valence-electron chi connectivity index (χ2n) is 7.52. The standard InChI is InChI=1S/C25H26ClFN2O3S/c1-3-18-9-7-10-19(4-2)25(18)28-24(30)17-29(16-20-8-5-6-11-23(20)27)33(31,32)22-14-12-21(26)13-15-22/h5-15H,3-4,16-17H2,1-2H3,(H,28,30). The van der Waals surface area contributed by atoms with Crippen LogP contribution in [-0.2, 0) is 34.2 Å². The van der Waals surface area contributed by atoms with Crippen molar-refractivity contribution >= 4 is 33.2 Å². The van der Waals surface area contributed by atoms with Gasteiger partial charge in [-0.3, -0.25) is 4.79 Å². The van der Waals surface area contributed by atoms with Crippen LogP contribution in [0.4, 0.5) is 10.1 Å². The van der Waals surface area contributed by atoms with Crippen molar-refractivity contribution in [3.8, 4) is 0 Å². The Kier molecular flexibility index (Phi) is 8.24. The Balaban J connectivity index is 1.94. The van der Waals surface area contributed by atoms with E-state index in [0.29, 0.717) is 23.6 Å². The number of aryl methyl sites for hydroxylation is 2. The maximum Gasteiger partial charge on any atom is 0.243 e. The number of sulfonamides is 1. The predicted octanol–water partition coefficient (Wildman–Crippen LogP) is 5.43. The van der Waals surface area contributed by atoms with Gasteiger partial charge >= 0.3 is 0 Å². The number of carbonyl (C=O) groups is 1. The van der Waals surface area contributed by atoms with Crippen molar-refractivity contribution in [2.75, 3.05) is 11.9 Å². The molecular weight excluding hydrogens is 463 g/mol. The van der Waals surface area contributed by atoms with Crippen LogP contribution >= 0.6 is 11.6 Å². The number of carbonyl (C=O) groups excluding carboxylic acids is 1. The molecule has 0 aromatic heterocycles. The van der Waals surface area contributed by atoms with E-state index in [-0.39, 0.29) is 17.0 Å². The predicted molar refractivity (Wildman–Crippen MR) is 129 cm³/mol. The minimum atomic E-state index is -4.10. The molecule has 0 aliphatic heterocycles. The van der Waals surface area contributed by atoms with Crippen LogP contribution in [0.15, 0.2) is 71.6 Å². The smallest absolute Gasteiger partial charge is 0.243 e. The largest absolute Gasteiger partial charge is 0.324 e. The minimum absolute atomic E-state index is 0.0285. The van der Waals surface area contributed by atoms with Gasteiger partial charge in [0.25, 0.3) is 0 Å². The highest BCUT2D eigenvalue weighted by Crippen LogP contribution is 2.24. The molecule has 0 atom stereocenters. The number of hydrogen-bond acceptors (Lipinski definition) is 3. The van der Waals surface area contributed by atoms with E-state index in [9.17, 15) is 17.6 Å². The van der Waals surface area contributed by atoms with Crippen molar-refractivity contribution in [1.82, 2.24) is 4.31 Å². The highest BCUT2D eigenvalue weighted by Gasteiger charge is 2.28. The monoisotopic (exact) mass is 488 g/mol. The molecule has 1 N–H and O–H groups in total. The summed E-state index contributed by atoms with van der Waals surface area (Å²) in [6.45, 7) is 3.21. The summed E-state index contributed by atoms with van der Waals surface area (Å²) in [6.07, 6.45) is 1.43. The number of nitrogens with zero attached hydrogens (tertiary/aromatic N) is 1. The lowest BCUT2D eigenvalue weighted by molar-refractivity contribution is -0.116. The minimum Gasteiger partial charge on any atom is -0.324 e. The Morgan fingerprint density at radius 1 is 0.909 bits per heavy atom. The first-order valence-electron chi connectivity index (χ1n) is 10.7. The van der Waals surface area contributed by atoms with E-state index in [1.807, 2.05) is 32.0 Å². The van der Waals surface area contributed by atoms with E-state index in [0.717, 1.165) is 15.4 Å². The molecule has 0 aliphatic carbocycles. The van der Waals surface area contributed by atoms with Gasteiger partial charge in [0, 0.05) is 22.8 Å². The SMILES string of the molecule is CCc1cccc(CC)c1NC(=O)CN(Cc1ccccc1F)S(=O)(=O)c1ccc(Cl)cc1. The highest BCUT2D eigenvalue weighted by atomic mass is 35.5. The number of halogens is 2. The van der Waals surface area contributed by atoms with Crippen LogP contribution in [0.5, 0.6) is 0 Å². The molecule has 174 valence electrons. The summed E-state index contributed by atoms with van der Waals surface area (Å²) in [6, 6.07) is 17.3. The Morgan fingerprint density at radius 3 is 2.06 bits per heavy atom. The summed E-state index contributed by atoms with van der Waals surface area (Å²) in [7, 11) is -4.10. The van der Waals surface area contributed by atoms with Crippen LogP contribution in [0.3, 0.4) is 0 Å². The molecular formula is C25H26ClFN2O3S. The fourth-order valence-electron chi connectivity index (χ4n) is 3.54. The van der Waals surface area contributed by atoms with Crippen LogP contribution in [-0.4, -0.2) is 25.2 Å². The average Bonchev–Trinajstić information content (AvgIpc) is 2.80. The second kappa shape index (κ2) is 10.9. The van der Waals surface area contributed by atoms with Gasteiger partial charge in [-0.05, 0) is 54.3 Å². The van der Waals surface area contributed by atoms with Crippen LogP contribution in [0, 0.1) is 5.82 Å². The number of nitrogens with one attached hydrogen (secondary N) is 1. The molecule has 1 amide bonds. The van der Waals surface area contributed by atoms with Crippen molar-refractivity contribution in [1.29, 1.82) is 0 Å². The first kappa shape index (κ1) is 24.9. The third kappa shape index (κ3) is 5.99. The molecule has 0 bridgehead atoms. The lowest BCUT2D eigenvalue weighted by Crippen LogP contribution is -2.38. The fraction of sp³-hybridized carbons (Fsp3) is 0.240. The number of para-hydroxylation sites is 1. The van der Waals surface area contributed by atoms with Gasteiger partial charge in [0.15, 0.2) is 0 Å². The molecule has 3 aromatic carbocycles. The second-order valence-corrected chi connectivity index (χ2v) is 9.90. The van der Waals surface area contributed by atoms with Crippen molar-refractivity contribution in [3.63, 3.8) is 0 Å². The number of rotatable bonds is 9. The van der Waals surface area contributed by atoms with E-state index < -0.39 is 28.3 Å². The summed E-state index contributed by atoms with van der Waals surface area (Å²) < 4.78 is 42.1. The molecule has 5 nitrogen and oxygen atoms in total. The first-order chi connectivity index (χ1) is 15.8. The zero-order chi connectivity index (χ0) is 24.0. The third-order valence-electron chi connectivity index (χ3n) is 5.34. The molecule has 0 saturated heterocycles. The number of hydrogen-bond donors (Lipinski definition) is 1. The van der Waals surface area contributed by atoms with E-state index in [4.69, 9.17) is 11.6 Å². The van der Waals surface area contributed by atoms with Crippen molar-refractivity contribution < 1.29 is 17.6 Å². The number of amides is 1. The molecule has 0 unspecified atom stereocenters. The summed E-state index contributed by atoms with van der Waals surface area (Å²) in [5.74, 6) is -1.04. The fourth-order valence-corrected chi connectivity index (χ4v) is 5.04. The van der Waals surface area contributed by atoms with Gasteiger partial charge in [-0.15, -0.1) is 0 Å². The molecule has 0 aliphatic rings. The Morgan fingerprint density at radius 2 is 1.48 bits per heavy atom. The maximum absolute atomic E-state index is 14.3. The number of benzene rings is 3. The average molecular weight is 489 g/mol. The molecule has 3 aromatic rings. The zero-order valence-electron chi connectivity index (χ0n) is 18.5. The quantitative estimate of drug-likeness (QED) is 0.436. The van der Waals surface area contributed by atoms with Gasteiger partial charge in [-0.25, -0.2) is 12.8 Å². The Labute approximate surface area is 199 Å². The van der Waals surface area contributed by atoms with E-state index >= 15 is 0 Å². The molecule has 8 heteroatoms. The van der Waals surface area contributed by atoms with Crippen LogP contribution in [0.1, 0.15) is 30.5 Å². The van der Waals surface area contributed by atoms with Crippen molar-refractivity contribution in [3.05, 3.63) is 94.3 Å². The van der Waals surface area contributed by atoms with Gasteiger partial charge in [0.1, 0.15) is 5.82 Å². The van der Waals surface area contributed by atoms with Crippen LogP contribution in [0.2, 0.25) is 5.02 Å². The molecule has 0 saturated carbocycles. The summed E-state index contributed by atoms with van der Waals surface area (Å²) in [5, 5.41) is 3.27. The van der Waals surface area contributed by atoms with Gasteiger partial charge < -0.3 is 5.32 Å².